The van der Waals surface area contributed by atoms with Crippen LogP contribution in [0.5, 0.6) is 5.75 Å². The third kappa shape index (κ3) is 5.05. The van der Waals surface area contributed by atoms with Crippen molar-refractivity contribution in [1.29, 1.82) is 0 Å². The van der Waals surface area contributed by atoms with Crippen molar-refractivity contribution in [2.75, 3.05) is 20.1 Å². The first-order chi connectivity index (χ1) is 8.49. The fraction of sp³-hybridized carbons (Fsp3) is 0.462. The Bertz CT molecular complexity index is 394. The van der Waals surface area contributed by atoms with Crippen LogP contribution < -0.4 is 5.32 Å². The summed E-state index contributed by atoms with van der Waals surface area (Å²) in [6.07, 6.45) is 0.120. The van der Waals surface area contributed by atoms with E-state index in [4.69, 9.17) is 5.11 Å². The summed E-state index contributed by atoms with van der Waals surface area (Å²) < 4.78 is 0. The molecular weight excluding hydrogens is 232 g/mol. The van der Waals surface area contributed by atoms with E-state index in [9.17, 15) is 9.90 Å². The predicted molar refractivity (Wildman–Crippen MR) is 69.5 cm³/mol. The molecule has 0 fully saturated rings. The Balaban J connectivity index is 2.31. The van der Waals surface area contributed by atoms with Gasteiger partial charge >= 0.3 is 6.03 Å². The van der Waals surface area contributed by atoms with Gasteiger partial charge < -0.3 is 20.4 Å². The zero-order valence-corrected chi connectivity index (χ0v) is 10.8. The van der Waals surface area contributed by atoms with E-state index in [2.05, 4.69) is 5.32 Å². The maximum absolute atomic E-state index is 11.6. The highest BCUT2D eigenvalue weighted by molar-refractivity contribution is 5.73. The van der Waals surface area contributed by atoms with Gasteiger partial charge in [-0.3, -0.25) is 0 Å². The molecule has 100 valence electrons. The molecule has 1 unspecified atom stereocenters. The van der Waals surface area contributed by atoms with Crippen molar-refractivity contribution >= 4 is 6.03 Å². The molecular formula is C13H20N2O3. The van der Waals surface area contributed by atoms with Crippen molar-refractivity contribution in [2.45, 2.75) is 19.4 Å². The minimum atomic E-state index is -0.535. The van der Waals surface area contributed by atoms with Crippen LogP contribution in [0.1, 0.15) is 12.5 Å². The molecule has 3 N–H and O–H groups in total. The second kappa shape index (κ2) is 6.86. The fourth-order valence-electron chi connectivity index (χ4n) is 1.64. The molecule has 1 aromatic carbocycles. The van der Waals surface area contributed by atoms with Crippen molar-refractivity contribution in [3.05, 3.63) is 29.8 Å². The number of aliphatic hydroxyl groups is 1. The molecule has 1 aromatic rings. The average Bonchev–Trinajstić information content (AvgIpc) is 2.28. The Labute approximate surface area is 107 Å². The number of likely N-dealkylation sites (N-methyl/N-ethyl adjacent to an activating group) is 1. The minimum absolute atomic E-state index is 0.212. The van der Waals surface area contributed by atoms with E-state index in [1.54, 1.807) is 32.2 Å². The van der Waals surface area contributed by atoms with Crippen LogP contribution in [0.4, 0.5) is 4.79 Å². The van der Waals surface area contributed by atoms with Gasteiger partial charge in [-0.15, -0.1) is 0 Å². The highest BCUT2D eigenvalue weighted by Gasteiger charge is 2.09. The molecule has 0 radical (unpaired) electrons. The molecule has 0 bridgehead atoms. The van der Waals surface area contributed by atoms with Crippen molar-refractivity contribution in [3.8, 4) is 5.75 Å². The second-order valence-electron chi connectivity index (χ2n) is 4.38. The Morgan fingerprint density at radius 1 is 1.50 bits per heavy atom. The number of carbonyl (C=O) groups is 1. The number of aliphatic hydroxyl groups excluding tert-OH is 1. The number of aromatic hydroxyl groups is 1. The Morgan fingerprint density at radius 3 is 2.83 bits per heavy atom. The SMILES string of the molecule is CC(O)CN(C)C(=O)NCCc1cccc(O)c1. The number of carbonyl (C=O) groups excluding carboxylic acids is 1. The lowest BCUT2D eigenvalue weighted by Gasteiger charge is -2.19. The lowest BCUT2D eigenvalue weighted by molar-refractivity contribution is 0.144. The Morgan fingerprint density at radius 2 is 2.22 bits per heavy atom. The summed E-state index contributed by atoms with van der Waals surface area (Å²) in [5.41, 5.74) is 0.966. The highest BCUT2D eigenvalue weighted by atomic mass is 16.3. The standard InChI is InChI=1S/C13H20N2O3/c1-10(16)9-15(2)13(18)14-7-6-11-4-3-5-12(17)8-11/h3-5,8,10,16-17H,6-7,9H2,1-2H3,(H,14,18). The van der Waals surface area contributed by atoms with Gasteiger partial charge in [0.25, 0.3) is 0 Å². The summed E-state index contributed by atoms with van der Waals surface area (Å²) in [4.78, 5) is 13.0. The van der Waals surface area contributed by atoms with Gasteiger partial charge in [-0.2, -0.15) is 0 Å². The van der Waals surface area contributed by atoms with Gasteiger partial charge in [0.1, 0.15) is 5.75 Å². The van der Waals surface area contributed by atoms with Gasteiger partial charge in [0, 0.05) is 20.1 Å². The third-order valence-corrected chi connectivity index (χ3v) is 2.49. The number of hydrogen-bond donors (Lipinski definition) is 3. The predicted octanol–water partition coefficient (Wildman–Crippen LogP) is 0.957. The van der Waals surface area contributed by atoms with Gasteiger partial charge in [0.15, 0.2) is 0 Å². The maximum Gasteiger partial charge on any atom is 0.317 e. The number of benzene rings is 1. The van der Waals surface area contributed by atoms with E-state index in [-0.39, 0.29) is 11.8 Å². The van der Waals surface area contributed by atoms with E-state index in [0.717, 1.165) is 5.56 Å². The molecule has 1 atom stereocenters. The molecule has 0 aliphatic rings. The van der Waals surface area contributed by atoms with Crippen LogP contribution in [0, 0.1) is 0 Å². The van der Waals surface area contributed by atoms with Gasteiger partial charge in [0.05, 0.1) is 6.10 Å². The van der Waals surface area contributed by atoms with Crippen LogP contribution in [0.15, 0.2) is 24.3 Å². The summed E-state index contributed by atoms with van der Waals surface area (Å²) >= 11 is 0. The van der Waals surface area contributed by atoms with E-state index in [1.807, 2.05) is 6.07 Å². The van der Waals surface area contributed by atoms with Crippen LogP contribution in [-0.4, -0.2) is 47.4 Å². The number of hydrogen-bond acceptors (Lipinski definition) is 3. The molecule has 1 rings (SSSR count). The van der Waals surface area contributed by atoms with E-state index < -0.39 is 6.10 Å². The van der Waals surface area contributed by atoms with Crippen LogP contribution in [0.2, 0.25) is 0 Å². The molecule has 0 heterocycles. The number of rotatable bonds is 5. The molecule has 0 saturated carbocycles. The van der Waals surface area contributed by atoms with E-state index in [1.165, 1.54) is 4.90 Å². The number of phenols is 1. The molecule has 5 nitrogen and oxygen atoms in total. The maximum atomic E-state index is 11.6. The zero-order chi connectivity index (χ0) is 13.5. The molecule has 0 aliphatic heterocycles. The largest absolute Gasteiger partial charge is 0.508 e. The highest BCUT2D eigenvalue weighted by Crippen LogP contribution is 2.10. The fourth-order valence-corrected chi connectivity index (χ4v) is 1.64. The molecule has 0 spiro atoms. The number of amides is 2. The topological polar surface area (TPSA) is 72.8 Å². The summed E-state index contributed by atoms with van der Waals surface area (Å²) in [6.45, 7) is 2.43. The van der Waals surface area contributed by atoms with Gasteiger partial charge in [-0.25, -0.2) is 4.79 Å². The number of nitrogens with one attached hydrogen (secondary N) is 1. The van der Waals surface area contributed by atoms with Gasteiger partial charge in [-0.1, -0.05) is 12.1 Å². The Kier molecular flexibility index (Phi) is 5.45. The van der Waals surface area contributed by atoms with Crippen molar-refractivity contribution < 1.29 is 15.0 Å². The van der Waals surface area contributed by atoms with Gasteiger partial charge in [-0.05, 0) is 31.0 Å². The van der Waals surface area contributed by atoms with Crippen LogP contribution >= 0.6 is 0 Å². The summed E-state index contributed by atoms with van der Waals surface area (Å²) in [5.74, 6) is 0.227. The quantitative estimate of drug-likeness (QED) is 0.730. The normalized spacial score (nSPS) is 11.9. The van der Waals surface area contributed by atoms with Crippen LogP contribution in [0.3, 0.4) is 0 Å². The number of urea groups is 1. The van der Waals surface area contributed by atoms with Crippen LogP contribution in [-0.2, 0) is 6.42 Å². The zero-order valence-electron chi connectivity index (χ0n) is 10.8. The number of phenolic OH excluding ortho intramolecular Hbond substituents is 1. The Hall–Kier alpha value is -1.75. The molecule has 0 aliphatic carbocycles. The van der Waals surface area contributed by atoms with Crippen molar-refractivity contribution in [1.82, 2.24) is 10.2 Å². The average molecular weight is 252 g/mol. The minimum Gasteiger partial charge on any atom is -0.508 e. The monoisotopic (exact) mass is 252 g/mol. The summed E-state index contributed by atoms with van der Waals surface area (Å²) in [5, 5.41) is 21.2. The van der Waals surface area contributed by atoms with Gasteiger partial charge in [0.2, 0.25) is 0 Å². The lowest BCUT2D eigenvalue weighted by atomic mass is 10.1. The van der Waals surface area contributed by atoms with Crippen molar-refractivity contribution in [3.63, 3.8) is 0 Å². The molecule has 18 heavy (non-hydrogen) atoms. The van der Waals surface area contributed by atoms with Crippen LogP contribution in [0.25, 0.3) is 0 Å². The molecule has 2 amide bonds. The summed E-state index contributed by atoms with van der Waals surface area (Å²) in [6, 6.07) is 6.73. The lowest BCUT2D eigenvalue weighted by Crippen LogP contribution is -2.41. The molecule has 0 aromatic heterocycles. The first kappa shape index (κ1) is 14.3. The first-order valence-corrected chi connectivity index (χ1v) is 5.94. The third-order valence-electron chi connectivity index (χ3n) is 2.49. The molecule has 0 saturated heterocycles. The first-order valence-electron chi connectivity index (χ1n) is 5.94. The number of nitrogens with zero attached hydrogens (tertiary/aromatic N) is 1. The van der Waals surface area contributed by atoms with E-state index in [0.29, 0.717) is 19.5 Å². The van der Waals surface area contributed by atoms with Crippen molar-refractivity contribution in [2.24, 2.45) is 0 Å². The smallest absolute Gasteiger partial charge is 0.317 e. The second-order valence-corrected chi connectivity index (χ2v) is 4.38. The molecule has 5 heteroatoms. The summed E-state index contributed by atoms with van der Waals surface area (Å²) in [7, 11) is 1.64. The van der Waals surface area contributed by atoms with E-state index >= 15 is 0 Å².